The number of unbranched alkanes of at least 4 members (excludes halogenated alkanes) is 13. The lowest BCUT2D eigenvalue weighted by Gasteiger charge is -2.04. The van der Waals surface area contributed by atoms with Crippen molar-refractivity contribution in [3.05, 3.63) is 25.7 Å². The number of hydrogen-bond acceptors (Lipinski definition) is 2. The highest BCUT2D eigenvalue weighted by molar-refractivity contribution is 5.87. The molecule has 0 aliphatic heterocycles. The summed E-state index contributed by atoms with van der Waals surface area (Å²) in [6.07, 6.45) is 17.9. The minimum atomic E-state index is -0.314. The van der Waals surface area contributed by atoms with Crippen molar-refractivity contribution in [1.29, 1.82) is 0 Å². The highest BCUT2D eigenvalue weighted by atomic mass is 16.5. The molecule has 0 N–H and O–H groups in total. The topological polar surface area (TPSA) is 26.3 Å². The van der Waals surface area contributed by atoms with E-state index in [1.807, 2.05) is 0 Å². The Kier molecular flexibility index (Phi) is 16.0. The number of esters is 1. The molecule has 22 heavy (non-hydrogen) atoms. The molecule has 0 amide bonds. The maximum atomic E-state index is 11.1. The second-order valence-electron chi connectivity index (χ2n) is 6.24. The summed E-state index contributed by atoms with van der Waals surface area (Å²) in [6.45, 7) is 10.7. The Hall–Kier alpha value is -0.790. The predicted molar refractivity (Wildman–Crippen MR) is 95.2 cm³/mol. The van der Waals surface area contributed by atoms with Crippen molar-refractivity contribution < 1.29 is 9.53 Å². The number of carbonyl (C=O) groups is 1. The zero-order valence-corrected chi connectivity index (χ0v) is 14.7. The summed E-state index contributed by atoms with van der Waals surface area (Å²) in [7, 11) is 0. The van der Waals surface area contributed by atoms with E-state index in [2.05, 4.69) is 13.5 Å². The minimum Gasteiger partial charge on any atom is -0.455 e. The Morgan fingerprint density at radius 1 is 0.818 bits per heavy atom. The summed E-state index contributed by atoms with van der Waals surface area (Å²) < 4.78 is 4.94. The average molecular weight is 309 g/mol. The van der Waals surface area contributed by atoms with E-state index < -0.39 is 0 Å². The fourth-order valence-corrected chi connectivity index (χ4v) is 2.41. The highest BCUT2D eigenvalue weighted by Gasteiger charge is 2.02. The molecule has 0 aliphatic carbocycles. The third kappa shape index (κ3) is 15.6. The molecular formula is C20H36O2. The van der Waals surface area contributed by atoms with Crippen molar-refractivity contribution in [2.24, 2.45) is 0 Å². The maximum Gasteiger partial charge on any atom is 0.333 e. The second-order valence-corrected chi connectivity index (χ2v) is 6.24. The first-order valence-electron chi connectivity index (χ1n) is 9.16. The van der Waals surface area contributed by atoms with Gasteiger partial charge < -0.3 is 4.74 Å². The van der Waals surface area contributed by atoms with Gasteiger partial charge in [-0.2, -0.15) is 0 Å². The van der Waals surface area contributed by atoms with E-state index in [1.165, 1.54) is 70.6 Å². The summed E-state index contributed by atoms with van der Waals surface area (Å²) in [5.41, 5.74) is 0.457. The van der Waals surface area contributed by atoms with Crippen molar-refractivity contribution in [1.82, 2.24) is 0 Å². The normalized spacial score (nSPS) is 10.6. The molecule has 0 saturated carbocycles. The van der Waals surface area contributed by atoms with Gasteiger partial charge in [0, 0.05) is 5.57 Å². The summed E-state index contributed by atoms with van der Waals surface area (Å²) in [4.78, 5) is 11.1. The van der Waals surface area contributed by atoms with Gasteiger partial charge in [0.1, 0.15) is 6.61 Å². The first-order valence-corrected chi connectivity index (χ1v) is 9.16. The van der Waals surface area contributed by atoms with Crippen molar-refractivity contribution in [3.8, 4) is 0 Å². The van der Waals surface area contributed by atoms with Crippen molar-refractivity contribution in [2.75, 3.05) is 0 Å². The van der Waals surface area contributed by atoms with E-state index in [0.29, 0.717) is 5.57 Å². The molecule has 0 bridgehead atoms. The molecule has 0 aromatic heterocycles. The molecule has 2 nitrogen and oxygen atoms in total. The summed E-state index contributed by atoms with van der Waals surface area (Å²) >= 11 is 0. The van der Waals surface area contributed by atoms with Gasteiger partial charge in [0.2, 0.25) is 0 Å². The number of rotatable bonds is 16. The van der Waals surface area contributed by atoms with Crippen LogP contribution in [0.2, 0.25) is 0 Å². The standard InChI is InChI=1S/C20H36O2/c1-4-5-6-7-8-9-10-11-12-13-14-15-16-17-18-22-20(21)19(2)3/h18H,1-2,4-17H2,3H3. The van der Waals surface area contributed by atoms with Gasteiger partial charge >= 0.3 is 5.97 Å². The smallest absolute Gasteiger partial charge is 0.333 e. The van der Waals surface area contributed by atoms with Crippen LogP contribution in [0.3, 0.4) is 0 Å². The first-order chi connectivity index (χ1) is 10.7. The van der Waals surface area contributed by atoms with E-state index in [-0.39, 0.29) is 5.97 Å². The minimum absolute atomic E-state index is 0.314. The molecule has 0 rings (SSSR count). The van der Waals surface area contributed by atoms with Crippen molar-refractivity contribution in [2.45, 2.75) is 96.8 Å². The van der Waals surface area contributed by atoms with Crippen LogP contribution in [-0.4, -0.2) is 5.97 Å². The fraction of sp³-hybridized carbons (Fsp3) is 0.750. The second kappa shape index (κ2) is 16.6. The van der Waals surface area contributed by atoms with Crippen LogP contribution in [0, 0.1) is 13.5 Å². The Balaban J connectivity index is 3.05. The average Bonchev–Trinajstić information content (AvgIpc) is 2.50. The van der Waals surface area contributed by atoms with Crippen molar-refractivity contribution >= 4 is 5.97 Å². The predicted octanol–water partition coefficient (Wildman–Crippen LogP) is 6.56. The van der Waals surface area contributed by atoms with Crippen LogP contribution in [0.25, 0.3) is 0 Å². The van der Waals surface area contributed by atoms with Gasteiger partial charge in [-0.15, -0.1) is 0 Å². The number of ether oxygens (including phenoxy) is 1. The zero-order valence-electron chi connectivity index (χ0n) is 14.7. The van der Waals surface area contributed by atoms with E-state index in [1.54, 1.807) is 13.5 Å². The Bertz CT molecular complexity index is 271. The number of carbonyl (C=O) groups excluding carboxylic acids is 1. The molecule has 0 unspecified atom stereocenters. The van der Waals surface area contributed by atoms with Crippen LogP contribution in [0.15, 0.2) is 12.2 Å². The van der Waals surface area contributed by atoms with Gasteiger partial charge in [-0.05, 0) is 19.8 Å². The molecule has 0 aromatic rings. The van der Waals surface area contributed by atoms with E-state index in [0.717, 1.165) is 19.3 Å². The van der Waals surface area contributed by atoms with E-state index in [4.69, 9.17) is 4.74 Å². The third-order valence-electron chi connectivity index (χ3n) is 3.86. The zero-order chi connectivity index (χ0) is 16.5. The van der Waals surface area contributed by atoms with E-state index in [9.17, 15) is 4.79 Å². The molecule has 0 spiro atoms. The lowest BCUT2D eigenvalue weighted by atomic mass is 10.0. The molecule has 2 heteroatoms. The van der Waals surface area contributed by atoms with Crippen molar-refractivity contribution in [3.63, 3.8) is 0 Å². The van der Waals surface area contributed by atoms with Crippen LogP contribution in [0.1, 0.15) is 96.8 Å². The maximum absolute atomic E-state index is 11.1. The van der Waals surface area contributed by atoms with Crippen LogP contribution in [0.5, 0.6) is 0 Å². The molecular weight excluding hydrogens is 272 g/mol. The fourth-order valence-electron chi connectivity index (χ4n) is 2.41. The lowest BCUT2D eigenvalue weighted by molar-refractivity contribution is -0.135. The van der Waals surface area contributed by atoms with Gasteiger partial charge in [-0.3, -0.25) is 0 Å². The summed E-state index contributed by atoms with van der Waals surface area (Å²) in [6, 6.07) is 0. The Morgan fingerprint density at radius 3 is 1.64 bits per heavy atom. The largest absolute Gasteiger partial charge is 0.455 e. The summed E-state index contributed by atoms with van der Waals surface area (Å²) in [5, 5.41) is 0. The molecule has 0 atom stereocenters. The number of hydrogen-bond donors (Lipinski definition) is 0. The molecule has 2 radical (unpaired) electrons. The molecule has 0 heterocycles. The molecule has 0 aliphatic rings. The lowest BCUT2D eigenvalue weighted by Crippen LogP contribution is -2.02. The molecule has 0 aromatic carbocycles. The molecule has 0 fully saturated rings. The highest BCUT2D eigenvalue weighted by Crippen LogP contribution is 2.13. The van der Waals surface area contributed by atoms with E-state index >= 15 is 0 Å². The first kappa shape index (κ1) is 21.2. The van der Waals surface area contributed by atoms with Crippen LogP contribution in [-0.2, 0) is 9.53 Å². The van der Waals surface area contributed by atoms with Crippen LogP contribution >= 0.6 is 0 Å². The van der Waals surface area contributed by atoms with Crippen LogP contribution in [0.4, 0.5) is 0 Å². The molecule has 0 saturated heterocycles. The summed E-state index contributed by atoms with van der Waals surface area (Å²) in [5.74, 6) is -0.314. The quantitative estimate of drug-likeness (QED) is 0.183. The Labute approximate surface area is 138 Å². The van der Waals surface area contributed by atoms with Gasteiger partial charge in [0.05, 0.1) is 0 Å². The monoisotopic (exact) mass is 308 g/mol. The van der Waals surface area contributed by atoms with Gasteiger partial charge in [-0.1, -0.05) is 90.6 Å². The Morgan fingerprint density at radius 2 is 1.23 bits per heavy atom. The van der Waals surface area contributed by atoms with Gasteiger partial charge in [0.15, 0.2) is 0 Å². The molecule has 128 valence electrons. The third-order valence-corrected chi connectivity index (χ3v) is 3.86. The van der Waals surface area contributed by atoms with Gasteiger partial charge in [-0.25, -0.2) is 4.79 Å². The van der Waals surface area contributed by atoms with Gasteiger partial charge in [0.25, 0.3) is 0 Å². The van der Waals surface area contributed by atoms with Crippen LogP contribution < -0.4 is 0 Å². The SMILES string of the molecule is [CH2]CCCCCCCCCCCCCC[CH]OC(=O)C(=C)C.